The van der Waals surface area contributed by atoms with E-state index in [9.17, 15) is 5.11 Å². The van der Waals surface area contributed by atoms with E-state index in [1.807, 2.05) is 0 Å². The molecule has 272 valence electrons. The Kier molecular flexibility index (Phi) is 10.4. The van der Waals surface area contributed by atoms with Crippen molar-refractivity contribution >= 4 is 39.2 Å². The summed E-state index contributed by atoms with van der Waals surface area (Å²) in [7, 11) is 4.35. The summed E-state index contributed by atoms with van der Waals surface area (Å²) in [4.78, 5) is 4.64. The maximum Gasteiger partial charge on any atom is 0.0741 e. The molecule has 0 spiro atoms. The van der Waals surface area contributed by atoms with Gasteiger partial charge in [0.25, 0.3) is 0 Å². The van der Waals surface area contributed by atoms with Gasteiger partial charge in [-0.25, -0.2) is 0 Å². The normalized spacial score (nSPS) is 15.9. The van der Waals surface area contributed by atoms with Crippen LogP contribution in [0.4, 0.5) is 28.4 Å². The van der Waals surface area contributed by atoms with E-state index in [4.69, 9.17) is 0 Å². The first-order valence-corrected chi connectivity index (χ1v) is 19.3. The highest BCUT2D eigenvalue weighted by molar-refractivity contribution is 5.97. The summed E-state index contributed by atoms with van der Waals surface area (Å²) >= 11 is 0. The molecule has 0 bridgehead atoms. The molecule has 0 amide bonds. The minimum absolute atomic E-state index is 0.0126. The zero-order valence-corrected chi connectivity index (χ0v) is 32.8. The number of anilines is 5. The van der Waals surface area contributed by atoms with Crippen LogP contribution in [0.1, 0.15) is 81.7 Å². The lowest BCUT2D eigenvalue weighted by Gasteiger charge is -2.30. The van der Waals surface area contributed by atoms with Gasteiger partial charge in [-0.3, -0.25) is 0 Å². The molecule has 0 radical (unpaired) electrons. The molecule has 7 rings (SSSR count). The SMILES string of the molecule is Cc1cc(C)c(N(C)c2ccc(C(c3ccc(N(C)c4c(C)cc(C)cc4C)cc3)c3ccc(NC4CCCCC4O)c4ccccc34)cc2)c(C)c1. The average Bonchev–Trinajstić information content (AvgIpc) is 3.13. The fraction of sp³-hybridized carbons (Fsp3) is 0.306. The van der Waals surface area contributed by atoms with Gasteiger partial charge < -0.3 is 20.2 Å². The van der Waals surface area contributed by atoms with Crippen molar-refractivity contribution in [1.29, 1.82) is 0 Å². The largest absolute Gasteiger partial charge is 0.391 e. The fourth-order valence-electron chi connectivity index (χ4n) is 9.17. The molecule has 0 saturated heterocycles. The van der Waals surface area contributed by atoms with Crippen LogP contribution in [0.5, 0.6) is 0 Å². The Morgan fingerprint density at radius 2 is 1.02 bits per heavy atom. The Morgan fingerprint density at radius 1 is 0.566 bits per heavy atom. The van der Waals surface area contributed by atoms with E-state index in [-0.39, 0.29) is 18.1 Å². The monoisotopic (exact) mass is 701 g/mol. The molecule has 4 nitrogen and oxygen atoms in total. The first-order chi connectivity index (χ1) is 25.5. The molecule has 4 heteroatoms. The molecule has 6 aromatic rings. The minimum Gasteiger partial charge on any atom is -0.391 e. The summed E-state index contributed by atoms with van der Waals surface area (Å²) in [5, 5.41) is 17.0. The van der Waals surface area contributed by atoms with E-state index in [1.54, 1.807) is 0 Å². The summed E-state index contributed by atoms with van der Waals surface area (Å²) in [6, 6.07) is 40.8. The topological polar surface area (TPSA) is 38.7 Å². The van der Waals surface area contributed by atoms with Crippen molar-refractivity contribution in [3.63, 3.8) is 0 Å². The van der Waals surface area contributed by atoms with E-state index in [0.29, 0.717) is 0 Å². The number of aryl methyl sites for hydroxylation is 6. The Morgan fingerprint density at radius 3 is 1.49 bits per heavy atom. The number of hydrogen-bond acceptors (Lipinski definition) is 4. The molecule has 0 aromatic heterocycles. The van der Waals surface area contributed by atoms with Crippen LogP contribution in [-0.2, 0) is 0 Å². The van der Waals surface area contributed by atoms with Crippen LogP contribution in [0.25, 0.3) is 10.8 Å². The van der Waals surface area contributed by atoms with E-state index in [2.05, 4.69) is 180 Å². The number of aliphatic hydroxyl groups excluding tert-OH is 1. The van der Waals surface area contributed by atoms with Crippen molar-refractivity contribution in [1.82, 2.24) is 0 Å². The fourth-order valence-corrected chi connectivity index (χ4v) is 9.17. The second-order valence-electron chi connectivity index (χ2n) is 15.6. The van der Waals surface area contributed by atoms with Gasteiger partial charge in [-0.1, -0.05) is 103 Å². The van der Waals surface area contributed by atoms with Crippen LogP contribution in [0.2, 0.25) is 0 Å². The quantitative estimate of drug-likeness (QED) is 0.147. The number of benzene rings is 6. The highest BCUT2D eigenvalue weighted by Crippen LogP contribution is 2.41. The smallest absolute Gasteiger partial charge is 0.0741 e. The van der Waals surface area contributed by atoms with Gasteiger partial charge in [-0.2, -0.15) is 0 Å². The van der Waals surface area contributed by atoms with Crippen molar-refractivity contribution in [2.24, 2.45) is 0 Å². The molecule has 1 saturated carbocycles. The first-order valence-electron chi connectivity index (χ1n) is 19.3. The van der Waals surface area contributed by atoms with E-state index in [0.717, 1.165) is 31.4 Å². The Balaban J connectivity index is 1.31. The second-order valence-corrected chi connectivity index (χ2v) is 15.6. The molecule has 53 heavy (non-hydrogen) atoms. The Bertz CT molecular complexity index is 2080. The number of hydrogen-bond donors (Lipinski definition) is 2. The molecular formula is C49H55N3O. The predicted molar refractivity (Wildman–Crippen MR) is 227 cm³/mol. The average molecular weight is 702 g/mol. The van der Waals surface area contributed by atoms with Gasteiger partial charge in [0.05, 0.1) is 12.1 Å². The number of aliphatic hydroxyl groups is 1. The summed E-state index contributed by atoms with van der Waals surface area (Å²) in [6.07, 6.45) is 3.78. The minimum atomic E-state index is -0.316. The summed E-state index contributed by atoms with van der Waals surface area (Å²) in [6.45, 7) is 13.2. The van der Waals surface area contributed by atoms with Gasteiger partial charge in [0.2, 0.25) is 0 Å². The molecule has 1 fully saturated rings. The Hall–Kier alpha value is -5.06. The van der Waals surface area contributed by atoms with Gasteiger partial charge in [-0.15, -0.1) is 0 Å². The molecule has 2 atom stereocenters. The van der Waals surface area contributed by atoms with Gasteiger partial charge in [0.1, 0.15) is 0 Å². The maximum atomic E-state index is 10.8. The molecule has 0 aliphatic heterocycles. The van der Waals surface area contributed by atoms with Crippen LogP contribution in [0.3, 0.4) is 0 Å². The third-order valence-corrected chi connectivity index (χ3v) is 11.5. The van der Waals surface area contributed by atoms with Crippen molar-refractivity contribution in [3.8, 4) is 0 Å². The van der Waals surface area contributed by atoms with Gasteiger partial charge in [-0.05, 0) is 129 Å². The van der Waals surface area contributed by atoms with Crippen LogP contribution >= 0.6 is 0 Å². The van der Waals surface area contributed by atoms with Crippen molar-refractivity contribution in [2.45, 2.75) is 85.3 Å². The maximum absolute atomic E-state index is 10.8. The molecule has 2 unspecified atom stereocenters. The van der Waals surface area contributed by atoms with Gasteiger partial charge >= 0.3 is 0 Å². The van der Waals surface area contributed by atoms with Crippen LogP contribution < -0.4 is 15.1 Å². The number of nitrogens with one attached hydrogen (secondary N) is 1. The molecular weight excluding hydrogens is 647 g/mol. The van der Waals surface area contributed by atoms with E-state index in [1.165, 1.54) is 83.6 Å². The van der Waals surface area contributed by atoms with Crippen LogP contribution in [-0.4, -0.2) is 31.3 Å². The summed E-state index contributed by atoms with van der Waals surface area (Å²) < 4.78 is 0. The van der Waals surface area contributed by atoms with Crippen molar-refractivity contribution < 1.29 is 5.11 Å². The number of nitrogens with zero attached hydrogens (tertiary/aromatic N) is 2. The van der Waals surface area contributed by atoms with Crippen molar-refractivity contribution in [3.05, 3.63) is 159 Å². The van der Waals surface area contributed by atoms with Crippen LogP contribution in [0, 0.1) is 41.5 Å². The molecule has 6 aromatic carbocycles. The zero-order chi connectivity index (χ0) is 37.4. The lowest BCUT2D eigenvalue weighted by Crippen LogP contribution is -2.36. The molecule has 1 aliphatic rings. The predicted octanol–water partition coefficient (Wildman–Crippen LogP) is 12.1. The Labute approximate surface area is 317 Å². The molecule has 0 heterocycles. The standard InChI is InChI=1S/C49H55N3O/c1-31-27-33(3)48(34(4)28-31)51(7)39-21-17-37(18-22-39)47(38-19-23-40(24-20-38)52(8)49-35(5)29-32(2)30-36(49)6)43-25-26-44(42-14-10-9-13-41(42)43)50-45-15-11-12-16-46(45)53/h9-10,13-14,17-30,45-47,50,53H,11-12,15-16H2,1-8H3. The lowest BCUT2D eigenvalue weighted by molar-refractivity contribution is 0.116. The first kappa shape index (κ1) is 36.3. The third-order valence-electron chi connectivity index (χ3n) is 11.5. The molecule has 2 N–H and O–H groups in total. The molecule has 1 aliphatic carbocycles. The highest BCUT2D eigenvalue weighted by Gasteiger charge is 2.25. The second kappa shape index (κ2) is 15.1. The highest BCUT2D eigenvalue weighted by atomic mass is 16.3. The number of fused-ring (bicyclic) bond motifs is 1. The van der Waals surface area contributed by atoms with Crippen molar-refractivity contribution in [2.75, 3.05) is 29.2 Å². The van der Waals surface area contributed by atoms with Gasteiger partial charge in [0.15, 0.2) is 0 Å². The van der Waals surface area contributed by atoms with E-state index >= 15 is 0 Å². The lowest BCUT2D eigenvalue weighted by atomic mass is 9.82. The third kappa shape index (κ3) is 7.30. The van der Waals surface area contributed by atoms with Gasteiger partial charge in [0, 0.05) is 53.8 Å². The summed E-state index contributed by atoms with van der Waals surface area (Å²) in [5.74, 6) is 0.0126. The number of rotatable bonds is 9. The van der Waals surface area contributed by atoms with Crippen LogP contribution in [0.15, 0.2) is 109 Å². The van der Waals surface area contributed by atoms with E-state index < -0.39 is 0 Å². The summed E-state index contributed by atoms with van der Waals surface area (Å²) in [5.41, 5.74) is 17.4. The zero-order valence-electron chi connectivity index (χ0n) is 32.8.